The molecule has 0 N–H and O–H groups in total. The van der Waals surface area contributed by atoms with Gasteiger partial charge in [-0.2, -0.15) is 5.10 Å². The van der Waals surface area contributed by atoms with Crippen molar-refractivity contribution in [3.05, 3.63) is 28.2 Å². The Morgan fingerprint density at radius 3 is 2.64 bits per heavy atom. The number of nitrogens with zero attached hydrogens (tertiary/aromatic N) is 4. The smallest absolute Gasteiger partial charge is 0.266 e. The molecule has 1 atom stereocenters. The average Bonchev–Trinajstić information content (AvgIpc) is 3.40. The van der Waals surface area contributed by atoms with Crippen LogP contribution < -0.4 is 5.56 Å². The molecule has 1 aromatic heterocycles. The van der Waals surface area contributed by atoms with Gasteiger partial charge in [-0.3, -0.25) is 9.59 Å². The normalized spacial score (nSPS) is 25.0. The summed E-state index contributed by atoms with van der Waals surface area (Å²) in [5.41, 5.74) is 1.11. The van der Waals surface area contributed by atoms with Crippen molar-refractivity contribution in [2.75, 3.05) is 32.7 Å². The van der Waals surface area contributed by atoms with Crippen molar-refractivity contribution in [2.24, 2.45) is 11.8 Å². The van der Waals surface area contributed by atoms with Crippen molar-refractivity contribution in [2.45, 2.75) is 45.1 Å². The molecule has 1 saturated carbocycles. The Morgan fingerprint density at radius 2 is 1.92 bits per heavy atom. The standard InChI is InChI=1S/C19H28N4O2/c1-14(24)22-8-2-3-15(12-22)9-21-10-16(11-21)13-23-19(25)7-6-18(20-23)17-4-5-17/h6-7,15-17H,2-5,8-13H2,1H3. The lowest BCUT2D eigenvalue weighted by atomic mass is 9.93. The molecule has 1 unspecified atom stereocenters. The van der Waals surface area contributed by atoms with Crippen LogP contribution in [0.15, 0.2) is 16.9 Å². The monoisotopic (exact) mass is 344 g/mol. The summed E-state index contributed by atoms with van der Waals surface area (Å²) in [5, 5.41) is 4.57. The van der Waals surface area contributed by atoms with E-state index in [0.29, 0.717) is 17.8 Å². The van der Waals surface area contributed by atoms with Gasteiger partial charge in [0.25, 0.3) is 5.56 Å². The molecular formula is C19H28N4O2. The Hall–Kier alpha value is -1.69. The maximum atomic E-state index is 12.0. The zero-order valence-electron chi connectivity index (χ0n) is 15.1. The minimum atomic E-state index is 0.0206. The number of hydrogen-bond acceptors (Lipinski definition) is 4. The second-order valence-corrected chi connectivity index (χ2v) is 8.11. The highest BCUT2D eigenvalue weighted by molar-refractivity contribution is 5.73. The third kappa shape index (κ3) is 3.94. The lowest BCUT2D eigenvalue weighted by Crippen LogP contribution is -2.53. The van der Waals surface area contributed by atoms with Gasteiger partial charge in [0.2, 0.25) is 5.91 Å². The third-order valence-electron chi connectivity index (χ3n) is 5.83. The highest BCUT2D eigenvalue weighted by atomic mass is 16.2. The molecule has 2 saturated heterocycles. The Labute approximate surface area is 148 Å². The molecule has 2 aliphatic heterocycles. The van der Waals surface area contributed by atoms with Crippen molar-refractivity contribution in [1.29, 1.82) is 0 Å². The molecule has 25 heavy (non-hydrogen) atoms. The minimum absolute atomic E-state index is 0.0206. The van der Waals surface area contributed by atoms with E-state index in [1.54, 1.807) is 17.7 Å². The van der Waals surface area contributed by atoms with Gasteiger partial charge in [-0.1, -0.05) is 0 Å². The van der Waals surface area contributed by atoms with Crippen LogP contribution in [-0.4, -0.2) is 58.2 Å². The first kappa shape index (κ1) is 16.8. The maximum absolute atomic E-state index is 12.0. The summed E-state index contributed by atoms with van der Waals surface area (Å²) in [4.78, 5) is 28.0. The summed E-state index contributed by atoms with van der Waals surface area (Å²) in [6.45, 7) is 7.38. The first-order valence-electron chi connectivity index (χ1n) is 9.64. The Kier molecular flexibility index (Phi) is 4.63. The van der Waals surface area contributed by atoms with E-state index in [2.05, 4.69) is 10.00 Å². The topological polar surface area (TPSA) is 58.4 Å². The largest absolute Gasteiger partial charge is 0.343 e. The highest BCUT2D eigenvalue weighted by Crippen LogP contribution is 2.38. The first-order valence-corrected chi connectivity index (χ1v) is 9.64. The number of piperidine rings is 1. The second kappa shape index (κ2) is 6.90. The minimum Gasteiger partial charge on any atom is -0.343 e. The molecule has 0 radical (unpaired) electrons. The number of carbonyl (C=O) groups excluding carboxylic acids is 1. The lowest BCUT2D eigenvalue weighted by Gasteiger charge is -2.43. The van der Waals surface area contributed by atoms with Crippen molar-refractivity contribution in [3.63, 3.8) is 0 Å². The van der Waals surface area contributed by atoms with Crippen LogP contribution in [-0.2, 0) is 11.3 Å². The number of hydrogen-bond donors (Lipinski definition) is 0. The van der Waals surface area contributed by atoms with Gasteiger partial charge in [0.1, 0.15) is 0 Å². The summed E-state index contributed by atoms with van der Waals surface area (Å²) in [5.74, 6) is 1.90. The molecule has 0 bridgehead atoms. The number of rotatable bonds is 5. The fourth-order valence-electron chi connectivity index (χ4n) is 4.24. The van der Waals surface area contributed by atoms with Crippen LogP contribution >= 0.6 is 0 Å². The van der Waals surface area contributed by atoms with Crippen LogP contribution in [0, 0.1) is 11.8 Å². The zero-order chi connectivity index (χ0) is 17.4. The summed E-state index contributed by atoms with van der Waals surface area (Å²) in [6.07, 6.45) is 4.76. The summed E-state index contributed by atoms with van der Waals surface area (Å²) >= 11 is 0. The quantitative estimate of drug-likeness (QED) is 0.808. The van der Waals surface area contributed by atoms with Crippen LogP contribution in [0.3, 0.4) is 0 Å². The fraction of sp³-hybridized carbons (Fsp3) is 0.737. The number of amides is 1. The molecule has 1 amide bonds. The number of likely N-dealkylation sites (tertiary alicyclic amines) is 2. The van der Waals surface area contributed by atoms with E-state index in [9.17, 15) is 9.59 Å². The van der Waals surface area contributed by atoms with Crippen molar-refractivity contribution in [3.8, 4) is 0 Å². The molecule has 1 aromatic rings. The van der Waals surface area contributed by atoms with Gasteiger partial charge in [0, 0.05) is 57.5 Å². The van der Waals surface area contributed by atoms with Gasteiger partial charge in [-0.05, 0) is 37.7 Å². The zero-order valence-corrected chi connectivity index (χ0v) is 15.1. The van der Waals surface area contributed by atoms with E-state index < -0.39 is 0 Å². The highest BCUT2D eigenvalue weighted by Gasteiger charge is 2.32. The average molecular weight is 344 g/mol. The van der Waals surface area contributed by atoms with E-state index in [1.165, 1.54) is 19.3 Å². The molecule has 0 aromatic carbocycles. The van der Waals surface area contributed by atoms with Gasteiger partial charge in [0.05, 0.1) is 12.2 Å². The predicted octanol–water partition coefficient (Wildman–Crippen LogP) is 1.31. The summed E-state index contributed by atoms with van der Waals surface area (Å²) in [6, 6.07) is 3.57. The van der Waals surface area contributed by atoms with E-state index in [0.717, 1.165) is 51.4 Å². The van der Waals surface area contributed by atoms with Crippen LogP contribution in [0.4, 0.5) is 0 Å². The van der Waals surface area contributed by atoms with Crippen LogP contribution in [0.5, 0.6) is 0 Å². The van der Waals surface area contributed by atoms with E-state index >= 15 is 0 Å². The van der Waals surface area contributed by atoms with Gasteiger partial charge >= 0.3 is 0 Å². The van der Waals surface area contributed by atoms with Gasteiger partial charge in [-0.25, -0.2) is 4.68 Å². The van der Waals surface area contributed by atoms with E-state index in [1.807, 2.05) is 11.0 Å². The van der Waals surface area contributed by atoms with Crippen LogP contribution in [0.25, 0.3) is 0 Å². The predicted molar refractivity (Wildman–Crippen MR) is 95.4 cm³/mol. The van der Waals surface area contributed by atoms with E-state index in [4.69, 9.17) is 0 Å². The summed E-state index contributed by atoms with van der Waals surface area (Å²) < 4.78 is 1.67. The summed E-state index contributed by atoms with van der Waals surface area (Å²) in [7, 11) is 0. The number of aromatic nitrogens is 2. The third-order valence-corrected chi connectivity index (χ3v) is 5.83. The molecule has 1 aliphatic carbocycles. The SMILES string of the molecule is CC(=O)N1CCCC(CN2CC(Cn3nc(C4CC4)ccc3=O)C2)C1. The van der Waals surface area contributed by atoms with Gasteiger partial charge in [-0.15, -0.1) is 0 Å². The van der Waals surface area contributed by atoms with E-state index in [-0.39, 0.29) is 11.5 Å². The molecule has 3 fully saturated rings. The molecule has 3 heterocycles. The fourth-order valence-corrected chi connectivity index (χ4v) is 4.24. The first-order chi connectivity index (χ1) is 12.1. The molecule has 0 spiro atoms. The Bertz CT molecular complexity index is 691. The Morgan fingerprint density at radius 1 is 1.12 bits per heavy atom. The van der Waals surface area contributed by atoms with Crippen molar-refractivity contribution >= 4 is 5.91 Å². The van der Waals surface area contributed by atoms with Gasteiger partial charge in [0.15, 0.2) is 0 Å². The van der Waals surface area contributed by atoms with Gasteiger partial charge < -0.3 is 9.80 Å². The molecule has 4 rings (SSSR count). The number of carbonyl (C=O) groups is 1. The molecule has 6 heteroatoms. The maximum Gasteiger partial charge on any atom is 0.266 e. The molecule has 3 aliphatic rings. The van der Waals surface area contributed by atoms with Crippen LogP contribution in [0.1, 0.15) is 44.2 Å². The van der Waals surface area contributed by atoms with Crippen molar-refractivity contribution < 1.29 is 4.79 Å². The lowest BCUT2D eigenvalue weighted by molar-refractivity contribution is -0.130. The molecular weight excluding hydrogens is 316 g/mol. The van der Waals surface area contributed by atoms with Crippen molar-refractivity contribution in [1.82, 2.24) is 19.6 Å². The Balaban J connectivity index is 1.26. The molecule has 6 nitrogen and oxygen atoms in total. The second-order valence-electron chi connectivity index (χ2n) is 8.11. The van der Waals surface area contributed by atoms with Crippen LogP contribution in [0.2, 0.25) is 0 Å². The molecule has 136 valence electrons.